The highest BCUT2D eigenvalue weighted by molar-refractivity contribution is 5.79. The molecule has 208 valence electrons. The zero-order chi connectivity index (χ0) is 26.7. The number of fused-ring (bicyclic) bond motifs is 5. The lowest BCUT2D eigenvalue weighted by atomic mass is 9.44. The summed E-state index contributed by atoms with van der Waals surface area (Å²) in [4.78, 5) is 12.7. The van der Waals surface area contributed by atoms with Gasteiger partial charge < -0.3 is 10.6 Å². The third-order valence-electron chi connectivity index (χ3n) is 12.7. The first-order valence-corrected chi connectivity index (χ1v) is 16.0. The van der Waals surface area contributed by atoms with Crippen molar-refractivity contribution in [3.05, 3.63) is 47.2 Å². The maximum absolute atomic E-state index is 12.7. The Labute approximate surface area is 232 Å². The van der Waals surface area contributed by atoms with Crippen LogP contribution >= 0.6 is 0 Å². The van der Waals surface area contributed by atoms with Gasteiger partial charge >= 0.3 is 6.03 Å². The molecule has 0 saturated heterocycles. The van der Waals surface area contributed by atoms with E-state index in [0.29, 0.717) is 16.7 Å². The molecule has 3 nitrogen and oxygen atoms in total. The van der Waals surface area contributed by atoms with Crippen LogP contribution in [0.15, 0.2) is 41.6 Å². The minimum atomic E-state index is -0.0252. The average molecular weight is 517 g/mol. The van der Waals surface area contributed by atoms with E-state index in [9.17, 15) is 4.79 Å². The number of carbonyl (C=O) groups excluding carboxylic acids is 1. The van der Waals surface area contributed by atoms with Crippen LogP contribution in [0.25, 0.3) is 0 Å². The van der Waals surface area contributed by atoms with E-state index in [1.165, 1.54) is 74.6 Å². The fraction of sp³-hybridized carbons (Fsp3) is 0.743. The van der Waals surface area contributed by atoms with Gasteiger partial charge in [-0.3, -0.25) is 0 Å². The normalized spacial score (nSPS) is 40.9. The minimum absolute atomic E-state index is 0.0227. The van der Waals surface area contributed by atoms with Crippen molar-refractivity contribution in [1.29, 1.82) is 0 Å². The molecule has 1 heterocycles. The maximum atomic E-state index is 12.7. The van der Waals surface area contributed by atoms with Crippen LogP contribution in [0.3, 0.4) is 0 Å². The van der Waals surface area contributed by atoms with Crippen LogP contribution in [0, 0.1) is 52.3 Å². The third kappa shape index (κ3) is 4.35. The van der Waals surface area contributed by atoms with E-state index in [-0.39, 0.29) is 12.1 Å². The third-order valence-corrected chi connectivity index (χ3v) is 12.7. The first kappa shape index (κ1) is 26.5. The Kier molecular flexibility index (Phi) is 6.97. The molecule has 2 unspecified atom stereocenters. The summed E-state index contributed by atoms with van der Waals surface area (Å²) >= 11 is 0. The highest BCUT2D eigenvalue weighted by Gasteiger charge is 2.61. The highest BCUT2D eigenvalue weighted by Crippen LogP contribution is 2.69. The van der Waals surface area contributed by atoms with E-state index in [1.54, 1.807) is 0 Å². The van der Waals surface area contributed by atoms with Gasteiger partial charge in [-0.05, 0) is 115 Å². The van der Waals surface area contributed by atoms with Gasteiger partial charge in [-0.15, -0.1) is 0 Å². The summed E-state index contributed by atoms with van der Waals surface area (Å²) < 4.78 is 0. The number of hydrogen-bond acceptors (Lipinski definition) is 1. The van der Waals surface area contributed by atoms with E-state index in [1.807, 2.05) is 0 Å². The molecule has 1 aromatic carbocycles. The fourth-order valence-corrected chi connectivity index (χ4v) is 10.8. The van der Waals surface area contributed by atoms with Gasteiger partial charge in [0.15, 0.2) is 0 Å². The highest BCUT2D eigenvalue weighted by atomic mass is 16.2. The molecule has 5 aliphatic rings. The smallest absolute Gasteiger partial charge is 0.319 e. The van der Waals surface area contributed by atoms with Crippen LogP contribution in [-0.2, 0) is 0 Å². The summed E-state index contributed by atoms with van der Waals surface area (Å²) in [6.45, 7) is 12.7. The van der Waals surface area contributed by atoms with Gasteiger partial charge in [-0.25, -0.2) is 4.79 Å². The van der Waals surface area contributed by atoms with Gasteiger partial charge in [0.2, 0.25) is 0 Å². The Morgan fingerprint density at radius 2 is 1.68 bits per heavy atom. The van der Waals surface area contributed by atoms with Crippen molar-refractivity contribution in [3.63, 3.8) is 0 Å². The Morgan fingerprint density at radius 1 is 0.921 bits per heavy atom. The quantitative estimate of drug-likeness (QED) is 0.389. The number of carbonyl (C=O) groups is 1. The van der Waals surface area contributed by atoms with Gasteiger partial charge in [0, 0.05) is 5.70 Å². The molecule has 4 aliphatic carbocycles. The largest absolute Gasteiger partial charge is 0.327 e. The molecule has 3 heteroatoms. The van der Waals surface area contributed by atoms with E-state index < -0.39 is 0 Å². The van der Waals surface area contributed by atoms with E-state index >= 15 is 0 Å². The summed E-state index contributed by atoms with van der Waals surface area (Å²) in [6.07, 6.45) is 15.0. The number of benzene rings is 1. The fourth-order valence-electron chi connectivity index (χ4n) is 10.8. The summed E-state index contributed by atoms with van der Waals surface area (Å²) in [5, 5.41) is 6.55. The van der Waals surface area contributed by atoms with Crippen LogP contribution in [0.4, 0.5) is 4.79 Å². The predicted molar refractivity (Wildman–Crippen MR) is 156 cm³/mol. The van der Waals surface area contributed by atoms with Crippen molar-refractivity contribution in [1.82, 2.24) is 10.6 Å². The lowest BCUT2D eigenvalue weighted by molar-refractivity contribution is -0.104. The zero-order valence-corrected chi connectivity index (χ0v) is 24.7. The molecule has 6 rings (SSSR count). The Hall–Kier alpha value is -1.77. The molecule has 3 saturated carbocycles. The predicted octanol–water partition coefficient (Wildman–Crippen LogP) is 9.03. The van der Waals surface area contributed by atoms with Gasteiger partial charge in [-0.2, -0.15) is 0 Å². The van der Waals surface area contributed by atoms with Crippen molar-refractivity contribution in [3.8, 4) is 0 Å². The molecule has 0 aromatic heterocycles. The van der Waals surface area contributed by atoms with Crippen molar-refractivity contribution < 1.29 is 4.79 Å². The molecule has 9 atom stereocenters. The molecule has 0 radical (unpaired) electrons. The van der Waals surface area contributed by atoms with Crippen molar-refractivity contribution in [2.75, 3.05) is 0 Å². The van der Waals surface area contributed by atoms with Gasteiger partial charge in [0.25, 0.3) is 0 Å². The van der Waals surface area contributed by atoms with Crippen molar-refractivity contribution in [2.24, 2.45) is 52.3 Å². The SMILES string of the molecule is CC(C)CCC[C@@H](C)[C@H]1CC[C@H]2[C@@H]3CCC4CC5=C(C[C@]4(C)[C@H]3CC[C@]12C)C(c1ccccc1)NC(=O)N5. The number of amides is 2. The topological polar surface area (TPSA) is 41.1 Å². The van der Waals surface area contributed by atoms with Crippen molar-refractivity contribution in [2.45, 2.75) is 111 Å². The second-order valence-electron chi connectivity index (χ2n) is 15.0. The second-order valence-corrected chi connectivity index (χ2v) is 15.0. The molecule has 3 fully saturated rings. The first-order valence-electron chi connectivity index (χ1n) is 16.0. The summed E-state index contributed by atoms with van der Waals surface area (Å²) in [7, 11) is 0. The lowest BCUT2D eigenvalue weighted by Crippen LogP contribution is -2.56. The number of urea groups is 1. The molecule has 2 amide bonds. The van der Waals surface area contributed by atoms with Crippen LogP contribution in [0.5, 0.6) is 0 Å². The molecule has 38 heavy (non-hydrogen) atoms. The van der Waals surface area contributed by atoms with Crippen molar-refractivity contribution >= 4 is 6.03 Å². The van der Waals surface area contributed by atoms with Gasteiger partial charge in [-0.1, -0.05) is 84.2 Å². The molecular formula is C35H52N2O. The molecule has 0 spiro atoms. The number of nitrogens with one attached hydrogen (secondary N) is 2. The standard InChI is InChI=1S/C35H52N2O/c1-22(2)10-9-11-23(3)28-16-17-29-26-15-14-25-20-31-27(21-35(25,5)30(26)18-19-34(28,29)4)32(37-33(38)36-31)24-12-7-6-8-13-24/h6-8,12-13,22-23,25-26,28-30,32H,9-11,14-21H2,1-5H3,(H2,36,37,38)/t23-,25?,26+,28-,29+,30+,32?,34-,35+/m1/s1. The summed E-state index contributed by atoms with van der Waals surface area (Å²) in [5.74, 6) is 5.98. The van der Waals surface area contributed by atoms with Crippen LogP contribution in [0.1, 0.15) is 117 Å². The second kappa shape index (κ2) is 10.0. The number of allylic oxidation sites excluding steroid dienone is 1. The Bertz CT molecular complexity index is 1060. The summed E-state index contributed by atoms with van der Waals surface area (Å²) in [5.41, 5.74) is 4.83. The van der Waals surface area contributed by atoms with Gasteiger partial charge in [0.05, 0.1) is 6.04 Å². The van der Waals surface area contributed by atoms with Crippen LogP contribution < -0.4 is 10.6 Å². The minimum Gasteiger partial charge on any atom is -0.327 e. The van der Waals surface area contributed by atoms with Crippen LogP contribution in [0.2, 0.25) is 0 Å². The molecule has 2 N–H and O–H groups in total. The first-order chi connectivity index (χ1) is 18.2. The molecular weight excluding hydrogens is 464 g/mol. The number of hydrogen-bond donors (Lipinski definition) is 2. The molecule has 0 bridgehead atoms. The Morgan fingerprint density at radius 3 is 2.45 bits per heavy atom. The lowest BCUT2D eigenvalue weighted by Gasteiger charge is -2.61. The molecule has 1 aliphatic heterocycles. The summed E-state index contributed by atoms with van der Waals surface area (Å²) in [6, 6.07) is 10.7. The van der Waals surface area contributed by atoms with Gasteiger partial charge in [0.1, 0.15) is 0 Å². The van der Waals surface area contributed by atoms with E-state index in [4.69, 9.17) is 0 Å². The maximum Gasteiger partial charge on any atom is 0.319 e. The molecule has 1 aromatic rings. The van der Waals surface area contributed by atoms with Crippen LogP contribution in [-0.4, -0.2) is 6.03 Å². The average Bonchev–Trinajstić information content (AvgIpc) is 3.25. The van der Waals surface area contributed by atoms with E-state index in [2.05, 4.69) is 75.6 Å². The monoisotopic (exact) mass is 516 g/mol. The number of rotatable bonds is 6. The zero-order valence-electron chi connectivity index (χ0n) is 24.7. The Balaban J connectivity index is 1.23. The van der Waals surface area contributed by atoms with E-state index in [0.717, 1.165) is 48.3 Å².